The summed E-state index contributed by atoms with van der Waals surface area (Å²) in [6.45, 7) is 3.74. The third-order valence-electron chi connectivity index (χ3n) is 5.84. The number of esters is 1. The fraction of sp³-hybridized carbons (Fsp3) is 0.500. The van der Waals surface area contributed by atoms with Crippen LogP contribution in [0.5, 0.6) is 5.75 Å². The quantitative estimate of drug-likeness (QED) is 0.263. The van der Waals surface area contributed by atoms with Crippen LogP contribution in [0.2, 0.25) is 0 Å². The second-order valence-corrected chi connectivity index (χ2v) is 8.50. The third-order valence-corrected chi connectivity index (χ3v) is 5.84. The number of ether oxygens (including phenoxy) is 3. The molecule has 2 aromatic rings. The summed E-state index contributed by atoms with van der Waals surface area (Å²) in [4.78, 5) is 25.8. The van der Waals surface area contributed by atoms with Gasteiger partial charge < -0.3 is 19.5 Å². The van der Waals surface area contributed by atoms with E-state index in [0.717, 1.165) is 35.2 Å². The van der Waals surface area contributed by atoms with Gasteiger partial charge in [-0.25, -0.2) is 4.79 Å². The van der Waals surface area contributed by atoms with Crippen molar-refractivity contribution in [3.63, 3.8) is 0 Å². The molecule has 35 heavy (non-hydrogen) atoms. The van der Waals surface area contributed by atoms with Gasteiger partial charge in [-0.2, -0.15) is 0 Å². The van der Waals surface area contributed by atoms with Crippen molar-refractivity contribution in [1.82, 2.24) is 5.32 Å². The fourth-order valence-corrected chi connectivity index (χ4v) is 3.71. The van der Waals surface area contributed by atoms with Crippen molar-refractivity contribution in [2.24, 2.45) is 0 Å². The molecule has 0 fully saturated rings. The first-order chi connectivity index (χ1) is 17.0. The van der Waals surface area contributed by atoms with E-state index in [1.807, 2.05) is 42.5 Å². The molecule has 1 N–H and O–H groups in total. The van der Waals surface area contributed by atoms with Crippen LogP contribution < -0.4 is 15.0 Å². The third kappa shape index (κ3) is 9.61. The van der Waals surface area contributed by atoms with E-state index in [1.54, 1.807) is 19.1 Å². The lowest BCUT2D eigenvalue weighted by Gasteiger charge is -2.20. The molecule has 0 unspecified atom stereocenters. The molecular weight excluding hydrogens is 444 g/mol. The minimum absolute atomic E-state index is 0.118. The van der Waals surface area contributed by atoms with Crippen molar-refractivity contribution in [2.75, 3.05) is 45.9 Å². The Morgan fingerprint density at radius 1 is 0.971 bits per heavy atom. The smallest absolute Gasteiger partial charge is 0.321 e. The van der Waals surface area contributed by atoms with Gasteiger partial charge in [0.1, 0.15) is 12.4 Å². The van der Waals surface area contributed by atoms with Gasteiger partial charge in [-0.05, 0) is 42.2 Å². The van der Waals surface area contributed by atoms with Gasteiger partial charge in [0, 0.05) is 38.4 Å². The van der Waals surface area contributed by atoms with Crippen LogP contribution in [0.25, 0.3) is 11.1 Å². The van der Waals surface area contributed by atoms with E-state index in [2.05, 4.69) is 12.2 Å². The Morgan fingerprint density at radius 2 is 1.77 bits per heavy atom. The second-order valence-electron chi connectivity index (χ2n) is 8.50. The van der Waals surface area contributed by atoms with E-state index in [9.17, 15) is 9.59 Å². The van der Waals surface area contributed by atoms with Crippen LogP contribution in [-0.2, 0) is 20.7 Å². The zero-order valence-electron chi connectivity index (χ0n) is 21.6. The molecule has 2 aromatic carbocycles. The lowest BCUT2D eigenvalue weighted by atomic mass is 10.00. The SMILES string of the molecule is CCCCCCCNC(=O)N(C)c1cccc(-c2ccc(CCC(=O)OC)cc2OCCOC)c1. The highest BCUT2D eigenvalue weighted by Crippen LogP contribution is 2.33. The Kier molecular flexibility index (Phi) is 12.7. The van der Waals surface area contributed by atoms with Gasteiger partial charge in [-0.3, -0.25) is 9.69 Å². The summed E-state index contributed by atoms with van der Waals surface area (Å²) >= 11 is 0. The first kappa shape index (κ1) is 28.2. The number of anilines is 1. The van der Waals surface area contributed by atoms with E-state index in [1.165, 1.54) is 26.4 Å². The Labute approximate surface area is 209 Å². The number of urea groups is 1. The van der Waals surface area contributed by atoms with E-state index in [0.29, 0.717) is 38.3 Å². The summed E-state index contributed by atoms with van der Waals surface area (Å²) in [6, 6.07) is 13.6. The van der Waals surface area contributed by atoms with Crippen LogP contribution in [0.3, 0.4) is 0 Å². The van der Waals surface area contributed by atoms with Gasteiger partial charge in [0.15, 0.2) is 0 Å². The minimum atomic E-state index is -0.245. The molecule has 2 amide bonds. The van der Waals surface area contributed by atoms with Gasteiger partial charge >= 0.3 is 12.0 Å². The number of carbonyl (C=O) groups excluding carboxylic acids is 2. The first-order valence-corrected chi connectivity index (χ1v) is 12.4. The van der Waals surface area contributed by atoms with Crippen molar-refractivity contribution in [3.8, 4) is 16.9 Å². The second kappa shape index (κ2) is 15.8. The number of unbranched alkanes of at least 4 members (excludes halogenated alkanes) is 4. The van der Waals surface area contributed by atoms with Crippen molar-refractivity contribution in [2.45, 2.75) is 51.9 Å². The summed E-state index contributed by atoms with van der Waals surface area (Å²) in [6.07, 6.45) is 6.65. The number of aryl methyl sites for hydroxylation is 1. The molecule has 0 spiro atoms. The molecule has 0 heterocycles. The van der Waals surface area contributed by atoms with Gasteiger partial charge in [0.05, 0.1) is 13.7 Å². The predicted octanol–water partition coefficient (Wildman–Crippen LogP) is 5.60. The molecular formula is C28H40N2O5. The largest absolute Gasteiger partial charge is 0.491 e. The molecule has 0 atom stereocenters. The zero-order valence-corrected chi connectivity index (χ0v) is 21.6. The van der Waals surface area contributed by atoms with E-state index in [4.69, 9.17) is 14.2 Å². The van der Waals surface area contributed by atoms with Crippen molar-refractivity contribution in [3.05, 3.63) is 48.0 Å². The summed E-state index contributed by atoms with van der Waals surface area (Å²) < 4.78 is 15.9. The predicted molar refractivity (Wildman–Crippen MR) is 140 cm³/mol. The van der Waals surface area contributed by atoms with Crippen molar-refractivity contribution in [1.29, 1.82) is 0 Å². The molecule has 7 heteroatoms. The average molecular weight is 485 g/mol. The number of methoxy groups -OCH3 is 2. The highest BCUT2D eigenvalue weighted by Gasteiger charge is 2.14. The first-order valence-electron chi connectivity index (χ1n) is 12.4. The molecule has 0 aliphatic carbocycles. The molecule has 0 aliphatic rings. The molecule has 0 aliphatic heterocycles. The Balaban J connectivity index is 2.14. The summed E-state index contributed by atoms with van der Waals surface area (Å²) in [7, 11) is 4.80. The van der Waals surface area contributed by atoms with E-state index < -0.39 is 0 Å². The standard InChI is InChI=1S/C28H40N2O5/c1-5-6-7-8-9-17-29-28(32)30(2)24-12-10-11-23(21-24)25-15-13-22(14-16-27(31)34-4)20-26(25)35-19-18-33-3/h10-13,15,20-21H,5-9,14,16-19H2,1-4H3,(H,29,32). The van der Waals surface area contributed by atoms with Crippen LogP contribution in [-0.4, -0.2) is 53.0 Å². The Morgan fingerprint density at radius 3 is 2.51 bits per heavy atom. The van der Waals surface area contributed by atoms with Crippen LogP contribution >= 0.6 is 0 Å². The highest BCUT2D eigenvalue weighted by molar-refractivity contribution is 5.92. The number of hydrogen-bond donors (Lipinski definition) is 1. The normalized spacial score (nSPS) is 10.6. The number of benzene rings is 2. The van der Waals surface area contributed by atoms with E-state index in [-0.39, 0.29) is 12.0 Å². The van der Waals surface area contributed by atoms with E-state index >= 15 is 0 Å². The molecule has 0 saturated heterocycles. The maximum atomic E-state index is 12.7. The summed E-state index contributed by atoms with van der Waals surface area (Å²) in [5.41, 5.74) is 3.63. The fourth-order valence-electron chi connectivity index (χ4n) is 3.71. The number of rotatable bonds is 15. The van der Waals surface area contributed by atoms with Crippen LogP contribution in [0.15, 0.2) is 42.5 Å². The molecule has 0 bridgehead atoms. The number of hydrogen-bond acceptors (Lipinski definition) is 5. The number of nitrogens with zero attached hydrogens (tertiary/aromatic N) is 1. The number of nitrogens with one attached hydrogen (secondary N) is 1. The van der Waals surface area contributed by atoms with Gasteiger partial charge in [-0.1, -0.05) is 56.9 Å². The van der Waals surface area contributed by atoms with Crippen LogP contribution in [0.1, 0.15) is 51.0 Å². The summed E-state index contributed by atoms with van der Waals surface area (Å²) in [5.74, 6) is 0.464. The molecule has 192 valence electrons. The molecule has 0 saturated carbocycles. The van der Waals surface area contributed by atoms with Crippen molar-refractivity contribution >= 4 is 17.7 Å². The highest BCUT2D eigenvalue weighted by atomic mass is 16.5. The van der Waals surface area contributed by atoms with Gasteiger partial charge in [0.25, 0.3) is 0 Å². The van der Waals surface area contributed by atoms with Crippen LogP contribution in [0, 0.1) is 0 Å². The Bertz CT molecular complexity index is 931. The number of carbonyl (C=O) groups is 2. The molecule has 7 nitrogen and oxygen atoms in total. The molecule has 2 rings (SSSR count). The van der Waals surface area contributed by atoms with Crippen molar-refractivity contribution < 1.29 is 23.8 Å². The topological polar surface area (TPSA) is 77.1 Å². The monoisotopic (exact) mass is 484 g/mol. The maximum absolute atomic E-state index is 12.7. The number of amides is 2. The van der Waals surface area contributed by atoms with Crippen LogP contribution in [0.4, 0.5) is 10.5 Å². The lowest BCUT2D eigenvalue weighted by molar-refractivity contribution is -0.140. The maximum Gasteiger partial charge on any atom is 0.321 e. The Hall–Kier alpha value is -3.06. The molecule has 0 radical (unpaired) electrons. The lowest BCUT2D eigenvalue weighted by Crippen LogP contribution is -2.37. The summed E-state index contributed by atoms with van der Waals surface area (Å²) in [5, 5.41) is 3.01. The zero-order chi connectivity index (χ0) is 25.5. The minimum Gasteiger partial charge on any atom is -0.491 e. The van der Waals surface area contributed by atoms with Gasteiger partial charge in [-0.15, -0.1) is 0 Å². The van der Waals surface area contributed by atoms with Gasteiger partial charge in [0.2, 0.25) is 0 Å². The average Bonchev–Trinajstić information content (AvgIpc) is 2.89. The molecule has 0 aromatic heterocycles.